The number of imide groups is 1. The molecule has 0 unspecified atom stereocenters. The molecule has 0 aromatic carbocycles. The highest BCUT2D eigenvalue weighted by atomic mass is 16.5. The van der Waals surface area contributed by atoms with Gasteiger partial charge in [0.2, 0.25) is 0 Å². The molecule has 3 saturated heterocycles. The van der Waals surface area contributed by atoms with Crippen LogP contribution >= 0.6 is 0 Å². The van der Waals surface area contributed by atoms with Crippen molar-refractivity contribution in [1.29, 1.82) is 0 Å². The molecule has 0 aliphatic carbocycles. The Morgan fingerprint density at radius 2 is 2.21 bits per heavy atom. The van der Waals surface area contributed by atoms with Crippen LogP contribution < -0.4 is 0 Å². The molecule has 76 valence electrons. The van der Waals surface area contributed by atoms with Crippen molar-refractivity contribution in [3.05, 3.63) is 0 Å². The zero-order valence-corrected chi connectivity index (χ0v) is 7.77. The van der Waals surface area contributed by atoms with Gasteiger partial charge in [-0.1, -0.05) is 0 Å². The fraction of sp³-hybridized carbons (Fsp3) is 0.778. The average molecular weight is 197 g/mol. The van der Waals surface area contributed by atoms with E-state index < -0.39 is 23.1 Å². The number of hydrogen-bond acceptors (Lipinski definition) is 4. The normalized spacial score (nSPS) is 50.4. The highest BCUT2D eigenvalue weighted by Gasteiger charge is 2.70. The molecule has 0 radical (unpaired) electrons. The number of nitrogens with zero attached hydrogens (tertiary/aromatic N) is 1. The van der Waals surface area contributed by atoms with Crippen molar-refractivity contribution in [2.45, 2.75) is 32.0 Å². The standard InChI is InChI=1S/C9H11NO4/c1-9-5-3-2-4(14-5)6(9)7(11)10(13)8(9)12/h4-6,13H,2-3H2,1H3/t4-,5+,6+,9+/m1/s1. The van der Waals surface area contributed by atoms with E-state index in [0.29, 0.717) is 0 Å². The number of rotatable bonds is 0. The van der Waals surface area contributed by atoms with Gasteiger partial charge in [-0.25, -0.2) is 0 Å². The predicted octanol–water partition coefficient (Wildman–Crippen LogP) is -0.0719. The lowest BCUT2D eigenvalue weighted by molar-refractivity contribution is -0.177. The maximum Gasteiger partial charge on any atom is 0.262 e. The summed E-state index contributed by atoms with van der Waals surface area (Å²) in [6, 6.07) is 0. The van der Waals surface area contributed by atoms with E-state index in [9.17, 15) is 14.8 Å². The summed E-state index contributed by atoms with van der Waals surface area (Å²) in [5.41, 5.74) is -0.811. The van der Waals surface area contributed by atoms with Gasteiger partial charge in [0.05, 0.1) is 23.5 Å². The van der Waals surface area contributed by atoms with Crippen LogP contribution in [0.4, 0.5) is 0 Å². The molecule has 5 nitrogen and oxygen atoms in total. The second kappa shape index (κ2) is 2.17. The summed E-state index contributed by atoms with van der Waals surface area (Å²) in [5, 5.41) is 9.56. The van der Waals surface area contributed by atoms with Crippen LogP contribution in [0.3, 0.4) is 0 Å². The Morgan fingerprint density at radius 3 is 2.86 bits per heavy atom. The first-order valence-corrected chi connectivity index (χ1v) is 4.79. The third-order valence-corrected chi connectivity index (χ3v) is 3.87. The van der Waals surface area contributed by atoms with Gasteiger partial charge in [0.1, 0.15) is 0 Å². The molecule has 0 aromatic rings. The lowest BCUT2D eigenvalue weighted by Gasteiger charge is -2.27. The number of fused-ring (bicyclic) bond motifs is 5. The van der Waals surface area contributed by atoms with E-state index in [1.165, 1.54) is 0 Å². The van der Waals surface area contributed by atoms with Crippen LogP contribution in [-0.2, 0) is 14.3 Å². The predicted molar refractivity (Wildman–Crippen MR) is 43.1 cm³/mol. The minimum absolute atomic E-state index is 0.168. The third-order valence-electron chi connectivity index (χ3n) is 3.87. The summed E-state index contributed by atoms with van der Waals surface area (Å²) in [5.74, 6) is -1.46. The average Bonchev–Trinajstić information content (AvgIpc) is 2.77. The molecule has 0 saturated carbocycles. The minimum atomic E-state index is -0.811. The molecule has 14 heavy (non-hydrogen) atoms. The Bertz CT molecular complexity index is 342. The van der Waals surface area contributed by atoms with Gasteiger partial charge in [0, 0.05) is 0 Å². The van der Waals surface area contributed by atoms with Crippen molar-refractivity contribution in [2.75, 3.05) is 0 Å². The van der Waals surface area contributed by atoms with E-state index in [4.69, 9.17) is 4.74 Å². The van der Waals surface area contributed by atoms with Crippen molar-refractivity contribution in [3.8, 4) is 0 Å². The Balaban J connectivity index is 2.12. The molecule has 3 heterocycles. The second-order valence-electron chi connectivity index (χ2n) is 4.46. The van der Waals surface area contributed by atoms with E-state index >= 15 is 0 Å². The molecule has 1 N–H and O–H groups in total. The number of hydroxylamine groups is 2. The maximum absolute atomic E-state index is 11.7. The van der Waals surface area contributed by atoms with Crippen molar-refractivity contribution in [2.24, 2.45) is 11.3 Å². The first kappa shape index (κ1) is 8.38. The molecule has 5 heteroatoms. The first-order valence-electron chi connectivity index (χ1n) is 4.79. The first-order chi connectivity index (χ1) is 6.56. The fourth-order valence-corrected chi connectivity index (χ4v) is 3.08. The van der Waals surface area contributed by atoms with Crippen LogP contribution in [-0.4, -0.2) is 34.3 Å². The lowest BCUT2D eigenvalue weighted by Crippen LogP contribution is -2.41. The second-order valence-corrected chi connectivity index (χ2v) is 4.46. The molecule has 0 spiro atoms. The summed E-state index contributed by atoms with van der Waals surface area (Å²) in [4.78, 5) is 23.3. The van der Waals surface area contributed by atoms with Gasteiger partial charge in [0.15, 0.2) is 0 Å². The Kier molecular flexibility index (Phi) is 1.30. The van der Waals surface area contributed by atoms with Gasteiger partial charge >= 0.3 is 0 Å². The van der Waals surface area contributed by atoms with Gasteiger partial charge in [-0.05, 0) is 19.8 Å². The zero-order valence-electron chi connectivity index (χ0n) is 7.77. The van der Waals surface area contributed by atoms with Crippen LogP contribution in [0, 0.1) is 11.3 Å². The monoisotopic (exact) mass is 197 g/mol. The lowest BCUT2D eigenvalue weighted by atomic mass is 9.69. The van der Waals surface area contributed by atoms with Crippen molar-refractivity contribution >= 4 is 11.8 Å². The molecule has 2 bridgehead atoms. The molecule has 4 atom stereocenters. The van der Waals surface area contributed by atoms with Crippen LogP contribution in [0.25, 0.3) is 0 Å². The molecule has 3 rings (SSSR count). The summed E-state index contributed by atoms with van der Waals surface area (Å²) < 4.78 is 5.55. The van der Waals surface area contributed by atoms with E-state index in [1.807, 2.05) is 0 Å². The number of ether oxygens (including phenoxy) is 1. The number of hydrogen-bond donors (Lipinski definition) is 1. The molecule has 2 amide bonds. The van der Waals surface area contributed by atoms with Crippen LogP contribution in [0.5, 0.6) is 0 Å². The molecule has 3 aliphatic rings. The highest BCUT2D eigenvalue weighted by Crippen LogP contribution is 2.56. The van der Waals surface area contributed by atoms with Crippen molar-refractivity contribution < 1.29 is 19.5 Å². The van der Waals surface area contributed by atoms with Crippen molar-refractivity contribution in [1.82, 2.24) is 5.06 Å². The van der Waals surface area contributed by atoms with Gasteiger partial charge < -0.3 is 4.74 Å². The van der Waals surface area contributed by atoms with Crippen LogP contribution in [0.15, 0.2) is 0 Å². The number of amides is 2. The highest BCUT2D eigenvalue weighted by molar-refractivity contribution is 6.07. The van der Waals surface area contributed by atoms with E-state index in [2.05, 4.69) is 0 Å². The van der Waals surface area contributed by atoms with Crippen LogP contribution in [0.2, 0.25) is 0 Å². The Morgan fingerprint density at radius 1 is 1.50 bits per heavy atom. The summed E-state index contributed by atoms with van der Waals surface area (Å²) in [6.07, 6.45) is 1.27. The summed E-state index contributed by atoms with van der Waals surface area (Å²) >= 11 is 0. The van der Waals surface area contributed by atoms with Gasteiger partial charge in [-0.15, -0.1) is 0 Å². The Hall–Kier alpha value is -0.940. The summed E-state index contributed by atoms with van der Waals surface area (Å²) in [7, 11) is 0. The van der Waals surface area contributed by atoms with E-state index in [1.54, 1.807) is 6.92 Å². The number of carbonyl (C=O) groups is 2. The van der Waals surface area contributed by atoms with Gasteiger partial charge in [-0.3, -0.25) is 14.8 Å². The third kappa shape index (κ3) is 0.633. The molecular formula is C9H11NO4. The van der Waals surface area contributed by atoms with Gasteiger partial charge in [0.25, 0.3) is 11.8 Å². The smallest absolute Gasteiger partial charge is 0.262 e. The quantitative estimate of drug-likeness (QED) is 0.436. The van der Waals surface area contributed by atoms with E-state index in [0.717, 1.165) is 12.8 Å². The number of carbonyl (C=O) groups excluding carboxylic acids is 2. The SMILES string of the molecule is C[C@@]12C(=O)N(O)C(=O)[C@@H]1[C@H]1CC[C@@H]2O1. The molecular weight excluding hydrogens is 186 g/mol. The maximum atomic E-state index is 11.7. The Labute approximate surface area is 80.6 Å². The largest absolute Gasteiger partial charge is 0.373 e. The topological polar surface area (TPSA) is 66.8 Å². The van der Waals surface area contributed by atoms with E-state index in [-0.39, 0.29) is 17.3 Å². The summed E-state index contributed by atoms with van der Waals surface area (Å²) in [6.45, 7) is 1.72. The molecule has 0 aromatic heterocycles. The van der Waals surface area contributed by atoms with Crippen LogP contribution in [0.1, 0.15) is 19.8 Å². The minimum Gasteiger partial charge on any atom is -0.373 e. The fourth-order valence-electron chi connectivity index (χ4n) is 3.08. The van der Waals surface area contributed by atoms with Crippen molar-refractivity contribution in [3.63, 3.8) is 0 Å². The molecule has 3 fully saturated rings. The van der Waals surface area contributed by atoms with Gasteiger partial charge in [-0.2, -0.15) is 5.06 Å². The molecule has 3 aliphatic heterocycles. The zero-order chi connectivity index (χ0) is 10.1.